The highest BCUT2D eigenvalue weighted by molar-refractivity contribution is 6.52. The van der Waals surface area contributed by atoms with Crippen molar-refractivity contribution in [3.05, 3.63) is 77.4 Å². The summed E-state index contributed by atoms with van der Waals surface area (Å²) in [5.74, 6) is -1.05. The molecule has 38 heavy (non-hydrogen) atoms. The van der Waals surface area contributed by atoms with E-state index in [2.05, 4.69) is 0 Å². The normalized spacial score (nSPS) is 16.6. The molecule has 1 fully saturated rings. The van der Waals surface area contributed by atoms with Gasteiger partial charge in [0.05, 0.1) is 44.7 Å². The quantitative estimate of drug-likeness (QED) is 0.247. The van der Waals surface area contributed by atoms with Gasteiger partial charge in [-0.15, -0.1) is 0 Å². The number of Topliss-reactive ketones (excluding diaryl/α,β-unsaturated/α-hetero) is 1. The molecule has 0 aromatic heterocycles. The summed E-state index contributed by atoms with van der Waals surface area (Å²) in [6.45, 7) is 3.74. The van der Waals surface area contributed by atoms with Crippen LogP contribution in [0.15, 0.2) is 66.2 Å². The van der Waals surface area contributed by atoms with Crippen LogP contribution in [-0.4, -0.2) is 49.3 Å². The molecule has 3 aromatic rings. The van der Waals surface area contributed by atoms with Crippen molar-refractivity contribution < 1.29 is 38.7 Å². The van der Waals surface area contributed by atoms with E-state index in [9.17, 15) is 19.8 Å². The highest BCUT2D eigenvalue weighted by atomic mass is 16.5. The molecular formula is C29H29NO8. The standard InChI is InChI=1S/C29H29NO8/c1-16(2)38-19-10-8-9-17(13-19)26(32)24-25(18-14-22(35-3)28(37-5)23(15-18)36-4)30(29(34)27(24)33)20-11-6-7-12-21(20)31/h6-16,25,31-32H,1-5H3/b26-24+. The Hall–Kier alpha value is -4.66. The number of ether oxygens (including phenoxy) is 4. The molecule has 1 heterocycles. The van der Waals surface area contributed by atoms with Gasteiger partial charge in [0.2, 0.25) is 5.75 Å². The Morgan fingerprint density at radius 1 is 0.895 bits per heavy atom. The van der Waals surface area contributed by atoms with E-state index in [1.807, 2.05) is 13.8 Å². The lowest BCUT2D eigenvalue weighted by molar-refractivity contribution is -0.132. The summed E-state index contributed by atoms with van der Waals surface area (Å²) in [7, 11) is 4.35. The highest BCUT2D eigenvalue weighted by Crippen LogP contribution is 2.48. The summed E-state index contributed by atoms with van der Waals surface area (Å²) in [5, 5.41) is 22.1. The Morgan fingerprint density at radius 3 is 2.13 bits per heavy atom. The predicted molar refractivity (Wildman–Crippen MR) is 141 cm³/mol. The Balaban J connectivity index is 2.00. The number of aliphatic hydroxyl groups excluding tert-OH is 1. The molecule has 1 aliphatic heterocycles. The summed E-state index contributed by atoms with van der Waals surface area (Å²) in [4.78, 5) is 28.1. The van der Waals surface area contributed by atoms with E-state index < -0.39 is 23.5 Å². The van der Waals surface area contributed by atoms with Crippen molar-refractivity contribution in [2.45, 2.75) is 26.0 Å². The van der Waals surface area contributed by atoms with Gasteiger partial charge in [0, 0.05) is 5.56 Å². The number of para-hydroxylation sites is 2. The monoisotopic (exact) mass is 519 g/mol. The lowest BCUT2D eigenvalue weighted by atomic mass is 9.94. The topological polar surface area (TPSA) is 115 Å². The van der Waals surface area contributed by atoms with Gasteiger partial charge in [-0.3, -0.25) is 14.5 Å². The third-order valence-electron chi connectivity index (χ3n) is 6.07. The number of benzene rings is 3. The fourth-order valence-corrected chi connectivity index (χ4v) is 4.47. The second kappa shape index (κ2) is 10.8. The third kappa shape index (κ3) is 4.70. The molecule has 9 heteroatoms. The van der Waals surface area contributed by atoms with Gasteiger partial charge in [-0.1, -0.05) is 24.3 Å². The molecule has 1 unspecified atom stereocenters. The molecule has 0 radical (unpaired) electrons. The number of anilines is 1. The number of nitrogens with zero attached hydrogens (tertiary/aromatic N) is 1. The highest BCUT2D eigenvalue weighted by Gasteiger charge is 2.48. The van der Waals surface area contributed by atoms with E-state index in [1.54, 1.807) is 48.5 Å². The number of phenols is 1. The van der Waals surface area contributed by atoms with Crippen LogP contribution in [0.1, 0.15) is 31.0 Å². The molecule has 0 bridgehead atoms. The molecule has 4 rings (SSSR count). The minimum atomic E-state index is -1.13. The van der Waals surface area contributed by atoms with Crippen molar-refractivity contribution in [2.24, 2.45) is 0 Å². The predicted octanol–water partition coefficient (Wildman–Crippen LogP) is 4.83. The minimum absolute atomic E-state index is 0.101. The smallest absolute Gasteiger partial charge is 0.300 e. The molecule has 1 atom stereocenters. The first kappa shape index (κ1) is 26.4. The van der Waals surface area contributed by atoms with Gasteiger partial charge < -0.3 is 29.2 Å². The zero-order chi connectivity index (χ0) is 27.6. The summed E-state index contributed by atoms with van der Waals surface area (Å²) in [6.07, 6.45) is -0.113. The second-order valence-corrected chi connectivity index (χ2v) is 8.81. The number of aromatic hydroxyl groups is 1. The molecule has 1 saturated heterocycles. The Morgan fingerprint density at radius 2 is 1.55 bits per heavy atom. The molecule has 2 N–H and O–H groups in total. The second-order valence-electron chi connectivity index (χ2n) is 8.81. The maximum Gasteiger partial charge on any atom is 0.300 e. The van der Waals surface area contributed by atoms with E-state index in [0.29, 0.717) is 17.1 Å². The number of hydrogen-bond acceptors (Lipinski definition) is 8. The Labute approximate surface area is 220 Å². The largest absolute Gasteiger partial charge is 0.507 e. The summed E-state index contributed by atoms with van der Waals surface area (Å²) < 4.78 is 22.2. The number of amides is 1. The van der Waals surface area contributed by atoms with E-state index in [1.165, 1.54) is 33.5 Å². The van der Waals surface area contributed by atoms with Crippen molar-refractivity contribution in [3.8, 4) is 28.7 Å². The number of carbonyl (C=O) groups is 2. The number of ketones is 1. The average molecular weight is 520 g/mol. The maximum absolute atomic E-state index is 13.5. The summed E-state index contributed by atoms with van der Waals surface area (Å²) in [5.41, 5.74) is 0.604. The van der Waals surface area contributed by atoms with Crippen LogP contribution in [0, 0.1) is 0 Å². The van der Waals surface area contributed by atoms with Crippen molar-refractivity contribution >= 4 is 23.1 Å². The van der Waals surface area contributed by atoms with Crippen LogP contribution in [0.2, 0.25) is 0 Å². The van der Waals surface area contributed by atoms with Crippen LogP contribution in [0.3, 0.4) is 0 Å². The third-order valence-corrected chi connectivity index (χ3v) is 6.07. The Bertz CT molecular complexity index is 1390. The molecule has 3 aromatic carbocycles. The van der Waals surface area contributed by atoms with Gasteiger partial charge in [0.1, 0.15) is 17.3 Å². The SMILES string of the molecule is COc1cc(C2/C(=C(\O)c3cccc(OC(C)C)c3)C(=O)C(=O)N2c2ccccc2O)cc(OC)c1OC. The number of methoxy groups -OCH3 is 3. The van der Waals surface area contributed by atoms with Crippen molar-refractivity contribution in [1.82, 2.24) is 0 Å². The van der Waals surface area contributed by atoms with Crippen LogP contribution >= 0.6 is 0 Å². The van der Waals surface area contributed by atoms with Crippen molar-refractivity contribution in [2.75, 3.05) is 26.2 Å². The van der Waals surface area contributed by atoms with E-state index in [0.717, 1.165) is 4.90 Å². The van der Waals surface area contributed by atoms with Crippen LogP contribution in [0.5, 0.6) is 28.7 Å². The van der Waals surface area contributed by atoms with Gasteiger partial charge >= 0.3 is 0 Å². The fraction of sp³-hybridized carbons (Fsp3) is 0.241. The number of carbonyl (C=O) groups excluding carboxylic acids is 2. The zero-order valence-corrected chi connectivity index (χ0v) is 21.7. The lowest BCUT2D eigenvalue weighted by Crippen LogP contribution is -2.29. The molecule has 1 amide bonds. The Kier molecular flexibility index (Phi) is 7.47. The molecular weight excluding hydrogens is 490 g/mol. The zero-order valence-electron chi connectivity index (χ0n) is 21.7. The maximum atomic E-state index is 13.5. The summed E-state index contributed by atoms with van der Waals surface area (Å²) in [6, 6.07) is 14.8. The summed E-state index contributed by atoms with van der Waals surface area (Å²) >= 11 is 0. The van der Waals surface area contributed by atoms with Crippen LogP contribution in [-0.2, 0) is 9.59 Å². The van der Waals surface area contributed by atoms with Gasteiger partial charge in [0.15, 0.2) is 11.5 Å². The number of aliphatic hydroxyl groups is 1. The molecule has 1 aliphatic rings. The van der Waals surface area contributed by atoms with Crippen molar-refractivity contribution in [3.63, 3.8) is 0 Å². The molecule has 0 aliphatic carbocycles. The molecule has 198 valence electrons. The van der Waals surface area contributed by atoms with Gasteiger partial charge in [-0.05, 0) is 55.8 Å². The fourth-order valence-electron chi connectivity index (χ4n) is 4.47. The van der Waals surface area contributed by atoms with Crippen LogP contribution in [0.4, 0.5) is 5.69 Å². The van der Waals surface area contributed by atoms with Crippen LogP contribution in [0.25, 0.3) is 5.76 Å². The minimum Gasteiger partial charge on any atom is -0.507 e. The average Bonchev–Trinajstić information content (AvgIpc) is 3.17. The lowest BCUT2D eigenvalue weighted by Gasteiger charge is -2.27. The molecule has 0 saturated carbocycles. The first-order valence-electron chi connectivity index (χ1n) is 11.9. The van der Waals surface area contributed by atoms with Crippen LogP contribution < -0.4 is 23.8 Å². The van der Waals surface area contributed by atoms with Crippen molar-refractivity contribution in [1.29, 1.82) is 0 Å². The number of hydrogen-bond donors (Lipinski definition) is 2. The number of rotatable bonds is 8. The first-order valence-corrected chi connectivity index (χ1v) is 11.9. The van der Waals surface area contributed by atoms with Gasteiger partial charge in [-0.25, -0.2) is 0 Å². The van der Waals surface area contributed by atoms with Gasteiger partial charge in [0.25, 0.3) is 11.7 Å². The van der Waals surface area contributed by atoms with E-state index in [-0.39, 0.29) is 40.2 Å². The molecule has 0 spiro atoms. The number of phenolic OH excluding ortho intramolecular Hbond substituents is 1. The molecule has 9 nitrogen and oxygen atoms in total. The van der Waals surface area contributed by atoms with E-state index in [4.69, 9.17) is 18.9 Å². The van der Waals surface area contributed by atoms with E-state index >= 15 is 0 Å². The van der Waals surface area contributed by atoms with Gasteiger partial charge in [-0.2, -0.15) is 0 Å². The first-order chi connectivity index (χ1) is 18.2.